The van der Waals surface area contributed by atoms with E-state index in [1.54, 1.807) is 24.3 Å². The standard InChI is InChI=1S/C12H17N3O2S/c1-2-12(8-14)15-18(16,17)9-11-5-3-4-10(6-11)7-13/h3-6,12,15H,2,8-9,14H2,1H3. The summed E-state index contributed by atoms with van der Waals surface area (Å²) < 4.78 is 26.3. The first-order valence-electron chi connectivity index (χ1n) is 5.70. The Morgan fingerprint density at radius 3 is 2.78 bits per heavy atom. The van der Waals surface area contributed by atoms with Crippen molar-refractivity contribution in [2.75, 3.05) is 6.54 Å². The van der Waals surface area contributed by atoms with Gasteiger partial charge in [-0.25, -0.2) is 13.1 Å². The van der Waals surface area contributed by atoms with Gasteiger partial charge in [0.25, 0.3) is 0 Å². The van der Waals surface area contributed by atoms with Crippen LogP contribution in [-0.2, 0) is 15.8 Å². The van der Waals surface area contributed by atoms with E-state index in [4.69, 9.17) is 11.0 Å². The summed E-state index contributed by atoms with van der Waals surface area (Å²) >= 11 is 0. The minimum absolute atomic E-state index is 0.140. The summed E-state index contributed by atoms with van der Waals surface area (Å²) in [6, 6.07) is 8.30. The number of hydrogen-bond acceptors (Lipinski definition) is 4. The summed E-state index contributed by atoms with van der Waals surface area (Å²) in [6.45, 7) is 2.14. The van der Waals surface area contributed by atoms with Crippen LogP contribution in [0.5, 0.6) is 0 Å². The van der Waals surface area contributed by atoms with Crippen LogP contribution in [0.4, 0.5) is 0 Å². The number of hydrogen-bond donors (Lipinski definition) is 2. The minimum atomic E-state index is -3.42. The highest BCUT2D eigenvalue weighted by Gasteiger charge is 2.16. The second kappa shape index (κ2) is 6.50. The first-order valence-corrected chi connectivity index (χ1v) is 7.35. The lowest BCUT2D eigenvalue weighted by Crippen LogP contribution is -2.40. The zero-order valence-corrected chi connectivity index (χ0v) is 11.1. The van der Waals surface area contributed by atoms with Gasteiger partial charge in [0.05, 0.1) is 17.4 Å². The topological polar surface area (TPSA) is 96.0 Å². The molecule has 5 nitrogen and oxygen atoms in total. The summed E-state index contributed by atoms with van der Waals surface area (Å²) in [7, 11) is -3.42. The van der Waals surface area contributed by atoms with E-state index in [2.05, 4.69) is 4.72 Å². The minimum Gasteiger partial charge on any atom is -0.329 e. The highest BCUT2D eigenvalue weighted by Crippen LogP contribution is 2.08. The van der Waals surface area contributed by atoms with Crippen LogP contribution >= 0.6 is 0 Å². The summed E-state index contributed by atoms with van der Waals surface area (Å²) in [5, 5.41) is 8.75. The van der Waals surface area contributed by atoms with Gasteiger partial charge < -0.3 is 5.73 Å². The molecule has 0 saturated carbocycles. The molecule has 1 atom stereocenters. The predicted octanol–water partition coefficient (Wildman–Crippen LogP) is 0.715. The van der Waals surface area contributed by atoms with Gasteiger partial charge >= 0.3 is 0 Å². The van der Waals surface area contributed by atoms with Gasteiger partial charge in [-0.1, -0.05) is 19.1 Å². The highest BCUT2D eigenvalue weighted by molar-refractivity contribution is 7.88. The zero-order valence-electron chi connectivity index (χ0n) is 10.3. The fourth-order valence-corrected chi connectivity index (χ4v) is 3.02. The van der Waals surface area contributed by atoms with Crippen molar-refractivity contribution in [3.63, 3.8) is 0 Å². The van der Waals surface area contributed by atoms with Crippen molar-refractivity contribution in [3.05, 3.63) is 35.4 Å². The van der Waals surface area contributed by atoms with Gasteiger partial charge in [-0.05, 0) is 24.1 Å². The quantitative estimate of drug-likeness (QED) is 0.793. The van der Waals surface area contributed by atoms with Crippen molar-refractivity contribution < 1.29 is 8.42 Å². The second-order valence-corrected chi connectivity index (χ2v) is 5.78. The molecule has 0 aliphatic heterocycles. The number of nitrogens with zero attached hydrogens (tertiary/aromatic N) is 1. The molecule has 1 unspecified atom stereocenters. The molecule has 0 bridgehead atoms. The Kier molecular flexibility index (Phi) is 5.28. The number of nitrogens with two attached hydrogens (primary N) is 1. The van der Waals surface area contributed by atoms with Gasteiger partial charge in [-0.15, -0.1) is 0 Å². The van der Waals surface area contributed by atoms with Crippen LogP contribution in [0, 0.1) is 11.3 Å². The van der Waals surface area contributed by atoms with Crippen molar-refractivity contribution in [3.8, 4) is 6.07 Å². The summed E-state index contributed by atoms with van der Waals surface area (Å²) in [6.07, 6.45) is 0.647. The first-order chi connectivity index (χ1) is 8.50. The molecular weight excluding hydrogens is 250 g/mol. The third kappa shape index (κ3) is 4.45. The largest absolute Gasteiger partial charge is 0.329 e. The SMILES string of the molecule is CCC(CN)NS(=O)(=O)Cc1cccc(C#N)c1. The summed E-state index contributed by atoms with van der Waals surface area (Å²) in [4.78, 5) is 0. The van der Waals surface area contributed by atoms with E-state index < -0.39 is 10.0 Å². The lowest BCUT2D eigenvalue weighted by atomic mass is 10.2. The molecule has 1 rings (SSSR count). The molecule has 0 spiro atoms. The van der Waals surface area contributed by atoms with E-state index in [1.807, 2.05) is 13.0 Å². The Hall–Kier alpha value is -1.42. The molecule has 98 valence electrons. The molecule has 3 N–H and O–H groups in total. The van der Waals surface area contributed by atoms with Gasteiger partial charge in [-0.3, -0.25) is 0 Å². The van der Waals surface area contributed by atoms with Crippen molar-refractivity contribution in [1.82, 2.24) is 4.72 Å². The molecule has 1 aromatic rings. The fraction of sp³-hybridized carbons (Fsp3) is 0.417. The highest BCUT2D eigenvalue weighted by atomic mass is 32.2. The zero-order chi connectivity index (χ0) is 13.6. The van der Waals surface area contributed by atoms with Crippen LogP contribution in [0.25, 0.3) is 0 Å². The number of benzene rings is 1. The fourth-order valence-electron chi connectivity index (χ4n) is 1.54. The molecule has 0 aromatic heterocycles. The predicted molar refractivity (Wildman–Crippen MR) is 70.0 cm³/mol. The van der Waals surface area contributed by atoms with E-state index >= 15 is 0 Å². The van der Waals surface area contributed by atoms with Crippen molar-refractivity contribution in [2.45, 2.75) is 25.1 Å². The lowest BCUT2D eigenvalue weighted by Gasteiger charge is -2.14. The number of sulfonamides is 1. The Labute approximate surface area is 108 Å². The van der Waals surface area contributed by atoms with Crippen LogP contribution in [0.3, 0.4) is 0 Å². The van der Waals surface area contributed by atoms with Gasteiger partial charge in [0.1, 0.15) is 0 Å². The average molecular weight is 267 g/mol. The first kappa shape index (κ1) is 14.6. The van der Waals surface area contributed by atoms with E-state index in [1.165, 1.54) is 0 Å². The molecule has 0 saturated heterocycles. The van der Waals surface area contributed by atoms with E-state index in [9.17, 15) is 8.42 Å². The van der Waals surface area contributed by atoms with Gasteiger partial charge in [0, 0.05) is 12.6 Å². The number of rotatable bonds is 6. The Bertz CT molecular complexity index is 530. The maximum absolute atomic E-state index is 11.9. The molecule has 0 radical (unpaired) electrons. The number of nitriles is 1. The van der Waals surface area contributed by atoms with Crippen molar-refractivity contribution >= 4 is 10.0 Å². The molecule has 0 amide bonds. The maximum Gasteiger partial charge on any atom is 0.216 e. The van der Waals surface area contributed by atoms with Crippen LogP contribution in [-0.4, -0.2) is 21.0 Å². The molecule has 0 fully saturated rings. The molecule has 18 heavy (non-hydrogen) atoms. The average Bonchev–Trinajstić information content (AvgIpc) is 2.35. The Balaban J connectivity index is 2.79. The van der Waals surface area contributed by atoms with E-state index in [0.717, 1.165) is 0 Å². The molecule has 0 aliphatic carbocycles. The molecule has 1 aromatic carbocycles. The van der Waals surface area contributed by atoms with E-state index in [-0.39, 0.29) is 18.3 Å². The van der Waals surface area contributed by atoms with Crippen molar-refractivity contribution in [2.24, 2.45) is 5.73 Å². The Morgan fingerprint density at radius 1 is 1.50 bits per heavy atom. The van der Waals surface area contributed by atoms with Crippen LogP contribution in [0.2, 0.25) is 0 Å². The van der Waals surface area contributed by atoms with E-state index in [0.29, 0.717) is 17.5 Å². The maximum atomic E-state index is 11.9. The summed E-state index contributed by atoms with van der Waals surface area (Å²) in [5.74, 6) is -0.140. The normalized spacial score (nSPS) is 12.9. The molecule has 6 heteroatoms. The van der Waals surface area contributed by atoms with Gasteiger partial charge in [0.15, 0.2) is 0 Å². The molecule has 0 heterocycles. The van der Waals surface area contributed by atoms with Crippen LogP contribution in [0.1, 0.15) is 24.5 Å². The molecule has 0 aliphatic rings. The monoisotopic (exact) mass is 267 g/mol. The smallest absolute Gasteiger partial charge is 0.216 e. The molecular formula is C12H17N3O2S. The van der Waals surface area contributed by atoms with Gasteiger partial charge in [-0.2, -0.15) is 5.26 Å². The third-order valence-corrected chi connectivity index (χ3v) is 3.94. The summed E-state index contributed by atoms with van der Waals surface area (Å²) in [5.41, 5.74) is 6.50. The van der Waals surface area contributed by atoms with Crippen LogP contribution < -0.4 is 10.5 Å². The second-order valence-electron chi connectivity index (χ2n) is 4.03. The Morgan fingerprint density at radius 2 is 2.22 bits per heavy atom. The van der Waals surface area contributed by atoms with Crippen molar-refractivity contribution in [1.29, 1.82) is 5.26 Å². The van der Waals surface area contributed by atoms with Crippen LogP contribution in [0.15, 0.2) is 24.3 Å². The lowest BCUT2D eigenvalue weighted by molar-refractivity contribution is 0.542. The third-order valence-electron chi connectivity index (χ3n) is 2.54. The number of nitrogens with one attached hydrogen (secondary N) is 1. The van der Waals surface area contributed by atoms with Gasteiger partial charge in [0.2, 0.25) is 10.0 Å².